The van der Waals surface area contributed by atoms with E-state index < -0.39 is 9.84 Å². The Balaban J connectivity index is 1.97. The van der Waals surface area contributed by atoms with Crippen LogP contribution < -0.4 is 4.74 Å². The number of sulfone groups is 1. The summed E-state index contributed by atoms with van der Waals surface area (Å²) in [5.41, 5.74) is 1.95. The summed E-state index contributed by atoms with van der Waals surface area (Å²) < 4.78 is 37.1. The molecule has 25 heavy (non-hydrogen) atoms. The number of hydrogen-bond donors (Lipinski definition) is 0. The Morgan fingerprint density at radius 3 is 2.32 bits per heavy atom. The van der Waals surface area contributed by atoms with Crippen LogP contribution >= 0.6 is 0 Å². The van der Waals surface area contributed by atoms with E-state index >= 15 is 0 Å². The number of aryl methyl sites for hydroxylation is 1. The van der Waals surface area contributed by atoms with Crippen LogP contribution in [-0.2, 0) is 20.0 Å². The van der Waals surface area contributed by atoms with Gasteiger partial charge in [-0.1, -0.05) is 39.0 Å². The third-order valence-corrected chi connectivity index (χ3v) is 6.04. The molecule has 0 saturated carbocycles. The minimum absolute atomic E-state index is 0.0236. The van der Waals surface area contributed by atoms with Crippen LogP contribution in [0.2, 0.25) is 0 Å². The molecule has 0 bridgehead atoms. The van der Waals surface area contributed by atoms with E-state index in [9.17, 15) is 8.42 Å². The number of ether oxygens (including phenoxy) is 2. The van der Waals surface area contributed by atoms with Gasteiger partial charge < -0.3 is 9.47 Å². The summed E-state index contributed by atoms with van der Waals surface area (Å²) in [6.45, 7) is 9.21. The summed E-state index contributed by atoms with van der Waals surface area (Å²) in [5.74, 6) is 0.376. The molecular formula is C20H24O4S. The highest BCUT2D eigenvalue weighted by atomic mass is 32.2. The van der Waals surface area contributed by atoms with E-state index in [-0.39, 0.29) is 21.3 Å². The highest BCUT2D eigenvalue weighted by Gasteiger charge is 2.27. The topological polar surface area (TPSA) is 55.9 Å². The summed E-state index contributed by atoms with van der Waals surface area (Å²) in [6, 6.07) is 12.3. The van der Waals surface area contributed by atoms with Crippen LogP contribution in [0, 0.1) is 6.92 Å². The predicted molar refractivity (Wildman–Crippen MR) is 97.0 cm³/mol. The maximum absolute atomic E-state index is 13.1. The maximum Gasteiger partial charge on any atom is 0.210 e. The minimum Gasteiger partial charge on any atom is -0.489 e. The van der Waals surface area contributed by atoms with Crippen LogP contribution in [0.1, 0.15) is 31.9 Å². The van der Waals surface area contributed by atoms with Gasteiger partial charge in [-0.3, -0.25) is 0 Å². The van der Waals surface area contributed by atoms with Gasteiger partial charge in [-0.2, -0.15) is 0 Å². The van der Waals surface area contributed by atoms with Crippen molar-refractivity contribution < 1.29 is 17.9 Å². The molecule has 4 nitrogen and oxygen atoms in total. The van der Waals surface area contributed by atoms with E-state index in [4.69, 9.17) is 9.47 Å². The highest BCUT2D eigenvalue weighted by molar-refractivity contribution is 7.91. The van der Waals surface area contributed by atoms with E-state index in [0.29, 0.717) is 19.0 Å². The Morgan fingerprint density at radius 1 is 1.12 bits per heavy atom. The van der Waals surface area contributed by atoms with Crippen molar-refractivity contribution in [3.05, 3.63) is 53.6 Å². The molecule has 1 heterocycles. The van der Waals surface area contributed by atoms with Gasteiger partial charge in [0.25, 0.3) is 0 Å². The number of epoxide rings is 1. The fraction of sp³-hybridized carbons (Fsp3) is 0.400. The Labute approximate surface area is 149 Å². The quantitative estimate of drug-likeness (QED) is 0.759. The third kappa shape index (κ3) is 4.05. The first-order valence-electron chi connectivity index (χ1n) is 8.38. The molecule has 0 aromatic heterocycles. The number of hydrogen-bond acceptors (Lipinski definition) is 4. The first-order valence-corrected chi connectivity index (χ1v) is 9.87. The molecule has 2 aromatic rings. The first kappa shape index (κ1) is 18.0. The standard InChI is InChI=1S/C20H24O4S/c1-14-5-10-18(24-13-16-12-23-16)19(11-14)25(21,22)17-8-6-15(7-9-17)20(2,3)4/h5-11,16H,12-13H2,1-4H3. The van der Waals surface area contributed by atoms with E-state index in [0.717, 1.165) is 11.1 Å². The molecule has 1 aliphatic rings. The van der Waals surface area contributed by atoms with Gasteiger partial charge in [0.1, 0.15) is 23.4 Å². The molecule has 1 saturated heterocycles. The molecule has 3 rings (SSSR count). The van der Waals surface area contributed by atoms with Gasteiger partial charge in [0.2, 0.25) is 9.84 Å². The molecule has 0 spiro atoms. The molecule has 2 aromatic carbocycles. The Hall–Kier alpha value is -1.85. The van der Waals surface area contributed by atoms with Crippen molar-refractivity contribution in [1.82, 2.24) is 0 Å². The van der Waals surface area contributed by atoms with E-state index in [2.05, 4.69) is 20.8 Å². The molecule has 0 radical (unpaired) electrons. The molecule has 1 fully saturated rings. The Morgan fingerprint density at radius 2 is 1.76 bits per heavy atom. The van der Waals surface area contributed by atoms with Gasteiger partial charge in [0.15, 0.2) is 0 Å². The fourth-order valence-corrected chi connectivity index (χ4v) is 4.03. The van der Waals surface area contributed by atoms with Gasteiger partial charge in [-0.05, 0) is 47.7 Å². The van der Waals surface area contributed by atoms with Crippen molar-refractivity contribution >= 4 is 9.84 Å². The second-order valence-electron chi connectivity index (χ2n) is 7.49. The van der Waals surface area contributed by atoms with E-state index in [1.165, 1.54) is 0 Å². The largest absolute Gasteiger partial charge is 0.489 e. The van der Waals surface area contributed by atoms with Gasteiger partial charge >= 0.3 is 0 Å². The highest BCUT2D eigenvalue weighted by Crippen LogP contribution is 2.32. The summed E-state index contributed by atoms with van der Waals surface area (Å²) in [5, 5.41) is 0. The Kier molecular flexibility index (Phi) is 4.64. The lowest BCUT2D eigenvalue weighted by Gasteiger charge is -2.19. The van der Waals surface area contributed by atoms with Crippen molar-refractivity contribution in [1.29, 1.82) is 0 Å². The number of rotatable bonds is 5. The lowest BCUT2D eigenvalue weighted by atomic mass is 9.87. The molecule has 0 amide bonds. The smallest absolute Gasteiger partial charge is 0.210 e. The van der Waals surface area contributed by atoms with Crippen LogP contribution in [0.25, 0.3) is 0 Å². The molecular weight excluding hydrogens is 336 g/mol. The molecule has 0 N–H and O–H groups in total. The molecule has 1 aliphatic heterocycles. The molecule has 134 valence electrons. The lowest BCUT2D eigenvalue weighted by molar-refractivity contribution is 0.258. The van der Waals surface area contributed by atoms with Crippen molar-refractivity contribution in [2.75, 3.05) is 13.2 Å². The zero-order valence-electron chi connectivity index (χ0n) is 15.1. The van der Waals surface area contributed by atoms with Crippen LogP contribution in [0.3, 0.4) is 0 Å². The Bertz CT molecular complexity index is 858. The summed E-state index contributed by atoms with van der Waals surface area (Å²) >= 11 is 0. The van der Waals surface area contributed by atoms with Crippen LogP contribution in [-0.4, -0.2) is 27.7 Å². The molecule has 1 atom stereocenters. The van der Waals surface area contributed by atoms with Crippen molar-refractivity contribution in [3.63, 3.8) is 0 Å². The van der Waals surface area contributed by atoms with Crippen LogP contribution in [0.4, 0.5) is 0 Å². The average Bonchev–Trinajstić information content (AvgIpc) is 3.37. The van der Waals surface area contributed by atoms with E-state index in [1.807, 2.05) is 25.1 Å². The average molecular weight is 360 g/mol. The van der Waals surface area contributed by atoms with Crippen molar-refractivity contribution in [2.24, 2.45) is 0 Å². The normalized spacial score (nSPS) is 17.4. The van der Waals surface area contributed by atoms with Gasteiger partial charge in [-0.25, -0.2) is 8.42 Å². The van der Waals surface area contributed by atoms with Crippen molar-refractivity contribution in [2.45, 2.75) is 49.0 Å². The monoisotopic (exact) mass is 360 g/mol. The number of benzene rings is 2. The van der Waals surface area contributed by atoms with Crippen LogP contribution in [0.15, 0.2) is 52.3 Å². The third-order valence-electron chi connectivity index (χ3n) is 4.25. The summed E-state index contributed by atoms with van der Waals surface area (Å²) in [4.78, 5) is 0.482. The lowest BCUT2D eigenvalue weighted by Crippen LogP contribution is -2.12. The predicted octanol–water partition coefficient (Wildman–Crippen LogP) is 3.90. The molecule has 5 heteroatoms. The zero-order chi connectivity index (χ0) is 18.2. The second kappa shape index (κ2) is 6.46. The zero-order valence-corrected chi connectivity index (χ0v) is 15.9. The second-order valence-corrected chi connectivity index (χ2v) is 9.41. The van der Waals surface area contributed by atoms with Gasteiger partial charge in [-0.15, -0.1) is 0 Å². The molecule has 1 unspecified atom stereocenters. The van der Waals surface area contributed by atoms with Crippen molar-refractivity contribution in [3.8, 4) is 5.75 Å². The molecule has 0 aliphatic carbocycles. The first-order chi connectivity index (χ1) is 11.7. The maximum atomic E-state index is 13.1. The SMILES string of the molecule is Cc1ccc(OCC2CO2)c(S(=O)(=O)c2ccc(C(C)(C)C)cc2)c1. The van der Waals surface area contributed by atoms with Gasteiger partial charge in [0.05, 0.1) is 11.5 Å². The van der Waals surface area contributed by atoms with Crippen LogP contribution in [0.5, 0.6) is 5.75 Å². The minimum atomic E-state index is -3.65. The van der Waals surface area contributed by atoms with Gasteiger partial charge in [0, 0.05) is 0 Å². The summed E-state index contributed by atoms with van der Waals surface area (Å²) in [6.07, 6.45) is 0.0722. The summed E-state index contributed by atoms with van der Waals surface area (Å²) in [7, 11) is -3.65. The fourth-order valence-electron chi connectivity index (χ4n) is 2.55. The van der Waals surface area contributed by atoms with E-state index in [1.54, 1.807) is 24.3 Å².